The van der Waals surface area contributed by atoms with Gasteiger partial charge in [-0.15, -0.1) is 0 Å². The van der Waals surface area contributed by atoms with Gasteiger partial charge in [0.15, 0.2) is 17.4 Å². The molecule has 5 heteroatoms. The van der Waals surface area contributed by atoms with Gasteiger partial charge >= 0.3 is 0 Å². The lowest BCUT2D eigenvalue weighted by atomic mass is 10.3. The highest BCUT2D eigenvalue weighted by Crippen LogP contribution is 2.30. The average molecular weight is 292 g/mol. The summed E-state index contributed by atoms with van der Waals surface area (Å²) in [7, 11) is 1.65. The first-order valence-electron chi connectivity index (χ1n) is 6.43. The Kier molecular flexibility index (Phi) is 5.12. The second-order valence-corrected chi connectivity index (χ2v) is 5.30. The van der Waals surface area contributed by atoms with Gasteiger partial charge in [-0.05, 0) is 41.1 Å². The number of ether oxygens (including phenoxy) is 1. The molecular formula is C15H18NO3S+. The second kappa shape index (κ2) is 7.05. The topological polar surface area (TPSA) is 45.6 Å². The lowest BCUT2D eigenvalue weighted by Crippen LogP contribution is -2.08. The monoisotopic (exact) mass is 292 g/mol. The lowest BCUT2D eigenvalue weighted by molar-refractivity contribution is -0.771. The number of rotatable bonds is 6. The summed E-state index contributed by atoms with van der Waals surface area (Å²) in [4.78, 5) is 1.07. The molecule has 0 aliphatic heterocycles. The van der Waals surface area contributed by atoms with E-state index in [-0.39, 0.29) is 0 Å². The van der Waals surface area contributed by atoms with Crippen molar-refractivity contribution in [3.05, 3.63) is 42.2 Å². The molecule has 0 aliphatic carbocycles. The first-order valence-corrected chi connectivity index (χ1v) is 7.25. The molecule has 0 unspecified atom stereocenters. The highest BCUT2D eigenvalue weighted by Gasteiger charge is 2.07. The Labute approximate surface area is 122 Å². The number of benzene rings is 1. The van der Waals surface area contributed by atoms with E-state index in [9.17, 15) is 5.21 Å². The van der Waals surface area contributed by atoms with E-state index in [0.717, 1.165) is 26.9 Å². The van der Waals surface area contributed by atoms with E-state index in [0.29, 0.717) is 12.3 Å². The molecule has 2 aromatic rings. The molecule has 1 aromatic heterocycles. The summed E-state index contributed by atoms with van der Waals surface area (Å²) in [5, 5.41) is 10.3. The summed E-state index contributed by atoms with van der Waals surface area (Å²) < 4.78 is 11.9. The Morgan fingerprint density at radius 3 is 2.65 bits per heavy atom. The van der Waals surface area contributed by atoms with Crippen molar-refractivity contribution in [2.75, 3.05) is 13.7 Å². The van der Waals surface area contributed by atoms with Gasteiger partial charge in [-0.3, -0.25) is 5.21 Å². The van der Waals surface area contributed by atoms with E-state index in [1.807, 2.05) is 43.3 Å². The minimum Gasteiger partial charge on any atom is -0.497 e. The van der Waals surface area contributed by atoms with Gasteiger partial charge in [0, 0.05) is 11.3 Å². The Bertz CT molecular complexity index is 575. The molecule has 4 nitrogen and oxygen atoms in total. The average Bonchev–Trinajstić information content (AvgIpc) is 2.87. The van der Waals surface area contributed by atoms with Crippen LogP contribution in [-0.2, 0) is 0 Å². The molecule has 1 N–H and O–H groups in total. The van der Waals surface area contributed by atoms with Crippen LogP contribution < -0.4 is 4.74 Å². The zero-order valence-electron chi connectivity index (χ0n) is 11.6. The predicted octanol–water partition coefficient (Wildman–Crippen LogP) is 3.67. The number of hydroxylamine groups is 1. The van der Waals surface area contributed by atoms with Crippen LogP contribution in [0.2, 0.25) is 0 Å². The first kappa shape index (κ1) is 14.5. The maximum atomic E-state index is 9.56. The number of furan rings is 1. The van der Waals surface area contributed by atoms with Crippen LogP contribution in [0.3, 0.4) is 0 Å². The largest absolute Gasteiger partial charge is 0.497 e. The SMILES string of the molecule is CCC/[N+](O)=C/c1ccc(Sc2ccc(OC)cc2)o1. The van der Waals surface area contributed by atoms with Crippen molar-refractivity contribution in [2.45, 2.75) is 23.3 Å². The van der Waals surface area contributed by atoms with Gasteiger partial charge in [-0.1, -0.05) is 18.7 Å². The smallest absolute Gasteiger partial charge is 0.257 e. The maximum Gasteiger partial charge on any atom is 0.257 e. The third-order valence-electron chi connectivity index (χ3n) is 2.61. The standard InChI is InChI=1S/C15H18NO3S/c1-3-10-16(17)11-13-6-9-15(19-13)20-14-7-4-12(18-2)5-8-14/h4-9,11,17H,3,10H2,1-2H3/q+1/b16-11-. The molecule has 0 saturated carbocycles. The first-order chi connectivity index (χ1) is 9.71. The molecule has 106 valence electrons. The Morgan fingerprint density at radius 2 is 2.00 bits per heavy atom. The van der Waals surface area contributed by atoms with Crippen molar-refractivity contribution >= 4 is 18.0 Å². The van der Waals surface area contributed by atoms with Crippen LogP contribution in [0.4, 0.5) is 0 Å². The van der Waals surface area contributed by atoms with E-state index < -0.39 is 0 Å². The van der Waals surface area contributed by atoms with Crippen LogP contribution in [0, 0.1) is 0 Å². The zero-order chi connectivity index (χ0) is 14.4. The van der Waals surface area contributed by atoms with Gasteiger partial charge in [0.1, 0.15) is 5.75 Å². The molecule has 0 amide bonds. The highest BCUT2D eigenvalue weighted by atomic mass is 32.2. The lowest BCUT2D eigenvalue weighted by Gasteiger charge is -2.00. The van der Waals surface area contributed by atoms with E-state index in [1.54, 1.807) is 13.3 Å². The van der Waals surface area contributed by atoms with Crippen molar-refractivity contribution in [3.63, 3.8) is 0 Å². The molecule has 0 atom stereocenters. The Morgan fingerprint density at radius 1 is 1.25 bits per heavy atom. The highest BCUT2D eigenvalue weighted by molar-refractivity contribution is 7.99. The number of nitrogens with zero attached hydrogens (tertiary/aromatic N) is 1. The number of hydrogen-bond acceptors (Lipinski definition) is 4. The van der Waals surface area contributed by atoms with E-state index in [2.05, 4.69) is 0 Å². The van der Waals surface area contributed by atoms with Crippen LogP contribution in [-0.4, -0.2) is 29.8 Å². The van der Waals surface area contributed by atoms with Crippen molar-refractivity contribution < 1.29 is 19.1 Å². The van der Waals surface area contributed by atoms with Crippen molar-refractivity contribution in [2.24, 2.45) is 0 Å². The van der Waals surface area contributed by atoms with Crippen molar-refractivity contribution in [3.8, 4) is 5.75 Å². The molecule has 0 spiro atoms. The Hall–Kier alpha value is -1.88. The van der Waals surface area contributed by atoms with Gasteiger partial charge in [-0.25, -0.2) is 0 Å². The summed E-state index contributed by atoms with van der Waals surface area (Å²) in [6, 6.07) is 11.5. The third kappa shape index (κ3) is 4.06. The number of methoxy groups -OCH3 is 1. The molecular weight excluding hydrogens is 274 g/mol. The molecule has 1 heterocycles. The maximum absolute atomic E-state index is 9.56. The summed E-state index contributed by atoms with van der Waals surface area (Å²) >= 11 is 1.53. The van der Waals surface area contributed by atoms with Crippen LogP contribution >= 0.6 is 11.8 Å². The van der Waals surface area contributed by atoms with Gasteiger partial charge in [0.2, 0.25) is 0 Å². The van der Waals surface area contributed by atoms with E-state index >= 15 is 0 Å². The molecule has 2 rings (SSSR count). The Balaban J connectivity index is 2.03. The second-order valence-electron chi connectivity index (χ2n) is 4.23. The zero-order valence-corrected chi connectivity index (χ0v) is 12.4. The molecule has 0 fully saturated rings. The van der Waals surface area contributed by atoms with Gasteiger partial charge < -0.3 is 9.15 Å². The quantitative estimate of drug-likeness (QED) is 0.382. The molecule has 0 bridgehead atoms. The summed E-state index contributed by atoms with van der Waals surface area (Å²) in [5.41, 5.74) is 0. The van der Waals surface area contributed by atoms with Crippen molar-refractivity contribution in [1.29, 1.82) is 0 Å². The van der Waals surface area contributed by atoms with Crippen LogP contribution in [0.5, 0.6) is 5.75 Å². The van der Waals surface area contributed by atoms with Gasteiger partial charge in [0.25, 0.3) is 6.21 Å². The minimum absolute atomic E-state index is 0.585. The predicted molar refractivity (Wildman–Crippen MR) is 78.2 cm³/mol. The molecule has 0 saturated heterocycles. The van der Waals surface area contributed by atoms with Gasteiger partial charge in [0.05, 0.1) is 7.11 Å². The fraction of sp³-hybridized carbons (Fsp3) is 0.267. The van der Waals surface area contributed by atoms with Crippen LogP contribution in [0.25, 0.3) is 0 Å². The minimum atomic E-state index is 0.585. The van der Waals surface area contributed by atoms with Crippen LogP contribution in [0.15, 0.2) is 50.8 Å². The normalized spacial score (nSPS) is 11.6. The summed E-state index contributed by atoms with van der Waals surface area (Å²) in [5.74, 6) is 1.47. The molecule has 20 heavy (non-hydrogen) atoms. The van der Waals surface area contributed by atoms with Gasteiger partial charge in [-0.2, -0.15) is 0 Å². The van der Waals surface area contributed by atoms with E-state index in [4.69, 9.17) is 9.15 Å². The van der Waals surface area contributed by atoms with Crippen molar-refractivity contribution in [1.82, 2.24) is 0 Å². The van der Waals surface area contributed by atoms with Crippen LogP contribution in [0.1, 0.15) is 19.1 Å². The third-order valence-corrected chi connectivity index (χ3v) is 3.54. The summed E-state index contributed by atoms with van der Waals surface area (Å²) in [6.45, 7) is 2.59. The molecule has 0 aliphatic rings. The molecule has 1 aromatic carbocycles. The summed E-state index contributed by atoms with van der Waals surface area (Å²) in [6.07, 6.45) is 2.46. The fourth-order valence-corrected chi connectivity index (χ4v) is 2.44. The van der Waals surface area contributed by atoms with E-state index in [1.165, 1.54) is 11.8 Å². The molecule has 0 radical (unpaired) electrons. The fourth-order valence-electron chi connectivity index (χ4n) is 1.66. The number of hydrogen-bond donors (Lipinski definition) is 1.